The first-order valence-electron chi connectivity index (χ1n) is 13.5. The fourth-order valence-corrected chi connectivity index (χ4v) is 4.30. The van der Waals surface area contributed by atoms with E-state index >= 15 is 0 Å². The summed E-state index contributed by atoms with van der Waals surface area (Å²) >= 11 is 0. The highest BCUT2D eigenvalue weighted by atomic mass is 16.4. The highest BCUT2D eigenvalue weighted by molar-refractivity contribution is 5.90. The van der Waals surface area contributed by atoms with Gasteiger partial charge in [-0.15, -0.1) is 0 Å². The summed E-state index contributed by atoms with van der Waals surface area (Å²) < 4.78 is 0. The Morgan fingerprint density at radius 2 is 0.604 bits per heavy atom. The quantitative estimate of drug-likeness (QED) is 0.107. The van der Waals surface area contributed by atoms with E-state index in [-0.39, 0.29) is 33.8 Å². The molecule has 0 bridgehead atoms. The molecule has 48 heavy (non-hydrogen) atoms. The van der Waals surface area contributed by atoms with Crippen LogP contribution in [0.4, 0.5) is 34.9 Å². The standard InChI is InChI=1S/C30H24N6O12/c37-22(38)13-34(19-7-1-16(2-8-19)25(43)44)28-31-29(35(14-23(39)40)20-9-3-17(4-10-20)26(45)46)33-30(32-28)36(15-24(41)42)21-11-5-18(6-12-21)27(47)48/h1-12H,13-15H2,(H,37,38)(H,39,40)(H,41,42)(H,43,44)(H,45,46)(H,47,48). The number of aromatic nitrogens is 3. The molecule has 4 rings (SSSR count). The van der Waals surface area contributed by atoms with Crippen molar-refractivity contribution in [3.05, 3.63) is 89.5 Å². The lowest BCUT2D eigenvalue weighted by Crippen LogP contribution is -2.33. The molecule has 0 saturated carbocycles. The first-order valence-corrected chi connectivity index (χ1v) is 13.5. The first kappa shape index (κ1) is 33.8. The van der Waals surface area contributed by atoms with Crippen molar-refractivity contribution in [3.8, 4) is 0 Å². The van der Waals surface area contributed by atoms with E-state index in [1.165, 1.54) is 72.8 Å². The van der Waals surface area contributed by atoms with Crippen LogP contribution in [0.2, 0.25) is 0 Å². The van der Waals surface area contributed by atoms with Gasteiger partial charge in [0.25, 0.3) is 0 Å². The van der Waals surface area contributed by atoms with Gasteiger partial charge in [-0.2, -0.15) is 15.0 Å². The molecule has 0 radical (unpaired) electrons. The number of benzene rings is 3. The van der Waals surface area contributed by atoms with E-state index in [1.54, 1.807) is 0 Å². The van der Waals surface area contributed by atoms with Gasteiger partial charge in [0.15, 0.2) is 0 Å². The molecule has 1 aromatic heterocycles. The van der Waals surface area contributed by atoms with Gasteiger partial charge in [-0.3, -0.25) is 29.1 Å². The van der Waals surface area contributed by atoms with Crippen molar-refractivity contribution < 1.29 is 59.4 Å². The number of hydrogen-bond acceptors (Lipinski definition) is 12. The minimum Gasteiger partial charge on any atom is -0.480 e. The molecule has 18 heteroatoms. The van der Waals surface area contributed by atoms with Crippen molar-refractivity contribution in [2.75, 3.05) is 34.3 Å². The molecule has 0 saturated heterocycles. The highest BCUT2D eigenvalue weighted by Crippen LogP contribution is 2.32. The summed E-state index contributed by atoms with van der Waals surface area (Å²) in [7, 11) is 0. The average Bonchev–Trinajstić information content (AvgIpc) is 3.04. The predicted molar refractivity (Wildman–Crippen MR) is 164 cm³/mol. The fourth-order valence-electron chi connectivity index (χ4n) is 4.30. The number of hydrogen-bond donors (Lipinski definition) is 6. The molecule has 0 atom stereocenters. The Hall–Kier alpha value is -7.11. The van der Waals surface area contributed by atoms with Crippen LogP contribution in [0, 0.1) is 0 Å². The Morgan fingerprint density at radius 3 is 0.771 bits per heavy atom. The third kappa shape index (κ3) is 8.13. The average molecular weight is 661 g/mol. The lowest BCUT2D eigenvalue weighted by Gasteiger charge is -2.28. The summed E-state index contributed by atoms with van der Waals surface area (Å²) in [6.07, 6.45) is 0. The maximum atomic E-state index is 12.0. The summed E-state index contributed by atoms with van der Waals surface area (Å²) in [4.78, 5) is 86.3. The molecule has 3 aromatic carbocycles. The highest BCUT2D eigenvalue weighted by Gasteiger charge is 2.27. The van der Waals surface area contributed by atoms with E-state index in [9.17, 15) is 59.4 Å². The molecule has 0 aliphatic carbocycles. The minimum absolute atomic E-state index is 0.0803. The van der Waals surface area contributed by atoms with Crippen LogP contribution in [-0.4, -0.2) is 101 Å². The largest absolute Gasteiger partial charge is 0.480 e. The summed E-state index contributed by atoms with van der Waals surface area (Å²) in [6, 6.07) is 14.8. The van der Waals surface area contributed by atoms with E-state index in [2.05, 4.69) is 15.0 Å². The molecular formula is C30H24N6O12. The van der Waals surface area contributed by atoms with Gasteiger partial charge in [0, 0.05) is 17.1 Å². The predicted octanol–water partition coefficient (Wildman–Crippen LogP) is 2.63. The molecule has 0 unspecified atom stereocenters. The molecule has 0 spiro atoms. The third-order valence-electron chi connectivity index (χ3n) is 6.48. The van der Waals surface area contributed by atoms with Gasteiger partial charge in [0.1, 0.15) is 19.6 Å². The molecule has 0 fully saturated rings. The van der Waals surface area contributed by atoms with Gasteiger partial charge in [-0.1, -0.05) is 0 Å². The molecule has 0 amide bonds. The Bertz CT molecular complexity index is 1650. The number of anilines is 6. The number of rotatable bonds is 15. The summed E-state index contributed by atoms with van der Waals surface area (Å²) in [5.74, 6) is -9.24. The van der Waals surface area contributed by atoms with E-state index in [0.717, 1.165) is 14.7 Å². The van der Waals surface area contributed by atoms with Gasteiger partial charge >= 0.3 is 35.8 Å². The molecule has 4 aromatic rings. The molecule has 18 nitrogen and oxygen atoms in total. The zero-order chi connectivity index (χ0) is 35.1. The first-order chi connectivity index (χ1) is 22.7. The van der Waals surface area contributed by atoms with Crippen LogP contribution >= 0.6 is 0 Å². The van der Waals surface area contributed by atoms with Crippen molar-refractivity contribution in [1.29, 1.82) is 0 Å². The van der Waals surface area contributed by atoms with Crippen LogP contribution in [0.1, 0.15) is 31.1 Å². The number of aliphatic carboxylic acids is 3. The fraction of sp³-hybridized carbons (Fsp3) is 0.100. The Morgan fingerprint density at radius 1 is 0.396 bits per heavy atom. The van der Waals surface area contributed by atoms with Crippen LogP contribution in [0.3, 0.4) is 0 Å². The molecule has 246 valence electrons. The van der Waals surface area contributed by atoms with Gasteiger partial charge in [-0.25, -0.2) is 14.4 Å². The number of carboxylic acid groups (broad SMARTS) is 6. The van der Waals surface area contributed by atoms with E-state index in [4.69, 9.17) is 0 Å². The van der Waals surface area contributed by atoms with Crippen LogP contribution in [0.25, 0.3) is 0 Å². The number of carboxylic acids is 6. The second-order valence-corrected chi connectivity index (χ2v) is 9.73. The lowest BCUT2D eigenvalue weighted by molar-refractivity contribution is -0.136. The lowest BCUT2D eigenvalue weighted by atomic mass is 10.2. The monoisotopic (exact) mass is 660 g/mol. The zero-order valence-electron chi connectivity index (χ0n) is 24.4. The maximum Gasteiger partial charge on any atom is 0.335 e. The second kappa shape index (κ2) is 14.3. The van der Waals surface area contributed by atoms with E-state index in [1.807, 2.05) is 0 Å². The van der Waals surface area contributed by atoms with Gasteiger partial charge in [0.05, 0.1) is 16.7 Å². The summed E-state index contributed by atoms with van der Waals surface area (Å²) in [5.41, 5.74) is -0.132. The molecule has 0 aliphatic rings. The van der Waals surface area contributed by atoms with Crippen molar-refractivity contribution >= 4 is 70.7 Å². The molecule has 0 aliphatic heterocycles. The van der Waals surface area contributed by atoms with E-state index < -0.39 is 73.3 Å². The smallest absolute Gasteiger partial charge is 0.335 e. The minimum atomic E-state index is -1.39. The third-order valence-corrected chi connectivity index (χ3v) is 6.48. The van der Waals surface area contributed by atoms with E-state index in [0.29, 0.717) is 0 Å². The van der Waals surface area contributed by atoms with Crippen molar-refractivity contribution in [3.63, 3.8) is 0 Å². The molecular weight excluding hydrogens is 636 g/mol. The Balaban J connectivity index is 2.00. The second-order valence-electron chi connectivity index (χ2n) is 9.73. The Kier molecular flexibility index (Phi) is 10.1. The normalized spacial score (nSPS) is 10.5. The summed E-state index contributed by atoms with van der Waals surface area (Å²) in [5, 5.41) is 57.2. The van der Waals surface area contributed by atoms with Crippen molar-refractivity contribution in [2.24, 2.45) is 0 Å². The van der Waals surface area contributed by atoms with Crippen LogP contribution in [0.5, 0.6) is 0 Å². The number of aromatic carboxylic acids is 3. The van der Waals surface area contributed by atoms with Gasteiger partial charge in [0.2, 0.25) is 17.8 Å². The Labute approximate surface area is 269 Å². The van der Waals surface area contributed by atoms with Crippen LogP contribution < -0.4 is 14.7 Å². The molecule has 1 heterocycles. The number of carbonyl (C=O) groups is 6. The molecule has 6 N–H and O–H groups in total. The van der Waals surface area contributed by atoms with Gasteiger partial charge in [-0.05, 0) is 72.8 Å². The zero-order valence-corrected chi connectivity index (χ0v) is 24.4. The topological polar surface area (TPSA) is 272 Å². The van der Waals surface area contributed by atoms with Crippen molar-refractivity contribution in [2.45, 2.75) is 0 Å². The summed E-state index contributed by atoms with van der Waals surface area (Å²) in [6.45, 7) is -2.44. The van der Waals surface area contributed by atoms with Crippen molar-refractivity contribution in [1.82, 2.24) is 15.0 Å². The maximum absolute atomic E-state index is 12.0. The SMILES string of the molecule is O=C(O)CN(c1ccc(C(=O)O)cc1)c1nc(N(CC(=O)O)c2ccc(C(=O)O)cc2)nc(N(CC(=O)O)c2ccc(C(=O)O)cc2)n1. The van der Waals surface area contributed by atoms with Gasteiger partial charge < -0.3 is 30.6 Å². The van der Waals surface area contributed by atoms with Crippen LogP contribution in [0.15, 0.2) is 72.8 Å². The number of nitrogens with zero attached hydrogens (tertiary/aromatic N) is 6. The van der Waals surface area contributed by atoms with Crippen LogP contribution in [-0.2, 0) is 14.4 Å².